The number of hydrogen-bond donors (Lipinski definition) is 1. The molecular weight excluding hydrogens is 136 g/mol. The molecule has 0 heterocycles. The molecule has 1 heteroatoms. The van der Waals surface area contributed by atoms with Crippen LogP contribution < -0.4 is 0 Å². The van der Waals surface area contributed by atoms with Gasteiger partial charge in [0, 0.05) is 6.61 Å². The molecule has 0 saturated heterocycles. The van der Waals surface area contributed by atoms with Gasteiger partial charge in [0.25, 0.3) is 0 Å². The van der Waals surface area contributed by atoms with Crippen LogP contribution in [0.1, 0.15) is 39.0 Å². The fourth-order valence-electron chi connectivity index (χ4n) is 2.05. The van der Waals surface area contributed by atoms with E-state index in [0.29, 0.717) is 12.5 Å². The van der Waals surface area contributed by atoms with Gasteiger partial charge in [-0.15, -0.1) is 0 Å². The van der Waals surface area contributed by atoms with Crippen LogP contribution in [0.5, 0.6) is 0 Å². The molecule has 1 saturated carbocycles. The maximum Gasteiger partial charge on any atom is 0.0459 e. The predicted octanol–water partition coefficient (Wildman–Crippen LogP) is 2.40. The summed E-state index contributed by atoms with van der Waals surface area (Å²) in [6, 6.07) is 0. The van der Waals surface area contributed by atoms with Crippen molar-refractivity contribution in [2.45, 2.75) is 39.0 Å². The molecule has 2 unspecified atom stereocenters. The fraction of sp³-hybridized carbons (Fsp3) is 0.900. The van der Waals surface area contributed by atoms with Crippen LogP contribution in [0.15, 0.2) is 0 Å². The topological polar surface area (TPSA) is 20.2 Å². The standard InChI is InChI=1S/C10H19O/c1-2-4-9-5-3-6-10(7-9)8-11/h4,9-11H,2-3,5-8H2,1H3. The van der Waals surface area contributed by atoms with Crippen molar-refractivity contribution in [2.75, 3.05) is 6.61 Å². The molecule has 1 fully saturated rings. The Morgan fingerprint density at radius 3 is 2.91 bits per heavy atom. The molecule has 0 aromatic carbocycles. The van der Waals surface area contributed by atoms with Crippen LogP contribution >= 0.6 is 0 Å². The molecular formula is C10H19O. The average Bonchev–Trinajstić information content (AvgIpc) is 2.06. The molecule has 1 radical (unpaired) electrons. The summed E-state index contributed by atoms with van der Waals surface area (Å²) in [5.41, 5.74) is 0. The van der Waals surface area contributed by atoms with Gasteiger partial charge in [-0.2, -0.15) is 0 Å². The van der Waals surface area contributed by atoms with E-state index in [1.54, 1.807) is 0 Å². The van der Waals surface area contributed by atoms with Crippen molar-refractivity contribution in [2.24, 2.45) is 11.8 Å². The third-order valence-corrected chi connectivity index (χ3v) is 2.65. The molecule has 1 aliphatic rings. The van der Waals surface area contributed by atoms with E-state index in [9.17, 15) is 0 Å². The second-order valence-electron chi connectivity index (χ2n) is 3.62. The third-order valence-electron chi connectivity index (χ3n) is 2.65. The third kappa shape index (κ3) is 2.82. The van der Waals surface area contributed by atoms with Gasteiger partial charge in [0.1, 0.15) is 0 Å². The zero-order valence-corrected chi connectivity index (χ0v) is 7.42. The van der Waals surface area contributed by atoms with Crippen LogP contribution in [-0.2, 0) is 0 Å². The lowest BCUT2D eigenvalue weighted by atomic mass is 9.80. The highest BCUT2D eigenvalue weighted by Crippen LogP contribution is 2.30. The highest BCUT2D eigenvalue weighted by molar-refractivity contribution is 4.81. The van der Waals surface area contributed by atoms with Crippen LogP contribution in [0.4, 0.5) is 0 Å². The Labute approximate surface area is 69.8 Å². The minimum atomic E-state index is 0.397. The lowest BCUT2D eigenvalue weighted by molar-refractivity contribution is 0.169. The molecule has 11 heavy (non-hydrogen) atoms. The van der Waals surface area contributed by atoms with Crippen molar-refractivity contribution >= 4 is 0 Å². The molecule has 0 spiro atoms. The monoisotopic (exact) mass is 155 g/mol. The minimum absolute atomic E-state index is 0.397. The van der Waals surface area contributed by atoms with Crippen LogP contribution in [0.2, 0.25) is 0 Å². The summed E-state index contributed by atoms with van der Waals surface area (Å²) in [7, 11) is 0. The summed E-state index contributed by atoms with van der Waals surface area (Å²) in [6.45, 7) is 2.59. The molecule has 1 rings (SSSR count). The van der Waals surface area contributed by atoms with E-state index in [1.807, 2.05) is 0 Å². The zero-order chi connectivity index (χ0) is 8.10. The first-order valence-electron chi connectivity index (χ1n) is 4.81. The quantitative estimate of drug-likeness (QED) is 0.663. The number of aliphatic hydroxyl groups excluding tert-OH is 1. The van der Waals surface area contributed by atoms with E-state index < -0.39 is 0 Å². The van der Waals surface area contributed by atoms with Crippen LogP contribution in [0, 0.1) is 18.3 Å². The van der Waals surface area contributed by atoms with Gasteiger partial charge in [0.15, 0.2) is 0 Å². The second-order valence-corrected chi connectivity index (χ2v) is 3.62. The summed E-state index contributed by atoms with van der Waals surface area (Å²) in [6.07, 6.45) is 8.72. The Bertz CT molecular complexity index is 99.0. The maximum absolute atomic E-state index is 8.96. The predicted molar refractivity (Wildman–Crippen MR) is 47.1 cm³/mol. The van der Waals surface area contributed by atoms with Gasteiger partial charge in [0.05, 0.1) is 0 Å². The summed E-state index contributed by atoms with van der Waals surface area (Å²) < 4.78 is 0. The molecule has 65 valence electrons. The van der Waals surface area contributed by atoms with Gasteiger partial charge in [0.2, 0.25) is 0 Å². The zero-order valence-electron chi connectivity index (χ0n) is 7.42. The molecule has 0 amide bonds. The van der Waals surface area contributed by atoms with E-state index in [1.165, 1.54) is 32.1 Å². The normalized spacial score (nSPS) is 32.2. The molecule has 0 aromatic rings. The molecule has 2 atom stereocenters. The van der Waals surface area contributed by atoms with Gasteiger partial charge >= 0.3 is 0 Å². The Kier molecular flexibility index (Phi) is 3.92. The largest absolute Gasteiger partial charge is 0.396 e. The van der Waals surface area contributed by atoms with Crippen molar-refractivity contribution in [3.63, 3.8) is 0 Å². The first kappa shape index (κ1) is 9.05. The van der Waals surface area contributed by atoms with Crippen molar-refractivity contribution < 1.29 is 5.11 Å². The second kappa shape index (κ2) is 4.76. The smallest absolute Gasteiger partial charge is 0.0459 e. The molecule has 0 aromatic heterocycles. The Balaban J connectivity index is 2.21. The highest BCUT2D eigenvalue weighted by atomic mass is 16.3. The minimum Gasteiger partial charge on any atom is -0.396 e. The summed E-state index contributed by atoms with van der Waals surface area (Å²) in [5, 5.41) is 8.96. The lowest BCUT2D eigenvalue weighted by Crippen LogP contribution is -2.18. The van der Waals surface area contributed by atoms with E-state index in [-0.39, 0.29) is 0 Å². The van der Waals surface area contributed by atoms with E-state index in [4.69, 9.17) is 5.11 Å². The van der Waals surface area contributed by atoms with Gasteiger partial charge in [-0.05, 0) is 31.1 Å². The van der Waals surface area contributed by atoms with Gasteiger partial charge in [-0.25, -0.2) is 0 Å². The molecule has 0 aliphatic heterocycles. The van der Waals surface area contributed by atoms with E-state index >= 15 is 0 Å². The van der Waals surface area contributed by atoms with Gasteiger partial charge < -0.3 is 5.11 Å². The lowest BCUT2D eigenvalue weighted by Gasteiger charge is -2.27. The summed E-state index contributed by atoms with van der Waals surface area (Å²) in [4.78, 5) is 0. The highest BCUT2D eigenvalue weighted by Gasteiger charge is 2.20. The number of aliphatic hydroxyl groups is 1. The summed E-state index contributed by atoms with van der Waals surface area (Å²) in [5.74, 6) is 1.39. The van der Waals surface area contributed by atoms with Gasteiger partial charge in [-0.1, -0.05) is 26.2 Å². The molecule has 1 N–H and O–H groups in total. The Hall–Kier alpha value is -0.0400. The van der Waals surface area contributed by atoms with Crippen LogP contribution in [0.3, 0.4) is 0 Å². The Morgan fingerprint density at radius 1 is 1.45 bits per heavy atom. The van der Waals surface area contributed by atoms with Crippen molar-refractivity contribution in [3.8, 4) is 0 Å². The number of rotatable bonds is 3. The molecule has 1 aliphatic carbocycles. The van der Waals surface area contributed by atoms with Crippen LogP contribution in [-0.4, -0.2) is 11.7 Å². The van der Waals surface area contributed by atoms with Crippen molar-refractivity contribution in [1.82, 2.24) is 0 Å². The van der Waals surface area contributed by atoms with Crippen molar-refractivity contribution in [1.29, 1.82) is 0 Å². The first-order valence-corrected chi connectivity index (χ1v) is 4.81. The van der Waals surface area contributed by atoms with Gasteiger partial charge in [-0.3, -0.25) is 0 Å². The van der Waals surface area contributed by atoms with E-state index in [2.05, 4.69) is 13.3 Å². The summed E-state index contributed by atoms with van der Waals surface area (Å²) >= 11 is 0. The van der Waals surface area contributed by atoms with Crippen LogP contribution in [0.25, 0.3) is 0 Å². The number of hydrogen-bond acceptors (Lipinski definition) is 1. The maximum atomic E-state index is 8.96. The molecule has 0 bridgehead atoms. The average molecular weight is 155 g/mol. The Morgan fingerprint density at radius 2 is 2.27 bits per heavy atom. The van der Waals surface area contributed by atoms with E-state index in [0.717, 1.165) is 5.92 Å². The first-order chi connectivity index (χ1) is 5.36. The SMILES string of the molecule is CC[CH]C1CCCC(CO)C1. The molecule has 1 nitrogen and oxygen atoms in total. The van der Waals surface area contributed by atoms with Crippen molar-refractivity contribution in [3.05, 3.63) is 6.42 Å². The fourth-order valence-corrected chi connectivity index (χ4v) is 2.05.